The van der Waals surface area contributed by atoms with Gasteiger partial charge in [-0.25, -0.2) is 4.79 Å². The summed E-state index contributed by atoms with van der Waals surface area (Å²) in [5.41, 5.74) is 1.85. The topological polar surface area (TPSA) is 86.4 Å². The highest BCUT2D eigenvalue weighted by molar-refractivity contribution is 5.94. The van der Waals surface area contributed by atoms with Crippen molar-refractivity contribution in [3.05, 3.63) is 71.9 Å². The molecule has 0 saturated heterocycles. The summed E-state index contributed by atoms with van der Waals surface area (Å²) in [5.74, 6) is -0.492. The third-order valence-electron chi connectivity index (χ3n) is 4.11. The maximum atomic E-state index is 12.1. The molecule has 0 aliphatic heterocycles. The number of hydrogen-bond donors (Lipinski definition) is 1. The SMILES string of the molecule is CC(C)(C)c1ccc(NC(=O)COC(=O)c2ccc(Cn3cccn3)o2)cc1. The number of esters is 1. The van der Waals surface area contributed by atoms with Gasteiger partial charge in [0.1, 0.15) is 5.76 Å². The molecule has 0 saturated carbocycles. The van der Waals surface area contributed by atoms with Crippen LogP contribution in [0.5, 0.6) is 0 Å². The number of nitrogens with zero attached hydrogens (tertiary/aromatic N) is 2. The van der Waals surface area contributed by atoms with E-state index in [2.05, 4.69) is 31.2 Å². The Morgan fingerprint density at radius 1 is 1.14 bits per heavy atom. The van der Waals surface area contributed by atoms with Crippen LogP contribution in [0.3, 0.4) is 0 Å². The summed E-state index contributed by atoms with van der Waals surface area (Å²) < 4.78 is 12.1. The third kappa shape index (κ3) is 5.09. The number of anilines is 1. The van der Waals surface area contributed by atoms with E-state index in [4.69, 9.17) is 9.15 Å². The minimum absolute atomic E-state index is 0.0391. The van der Waals surface area contributed by atoms with Crippen molar-refractivity contribution < 1.29 is 18.7 Å². The van der Waals surface area contributed by atoms with E-state index >= 15 is 0 Å². The average Bonchev–Trinajstić information content (AvgIpc) is 3.32. The molecule has 2 aromatic heterocycles. The second-order valence-electron chi connectivity index (χ2n) is 7.42. The van der Waals surface area contributed by atoms with Crippen LogP contribution >= 0.6 is 0 Å². The molecule has 0 aliphatic carbocycles. The second-order valence-corrected chi connectivity index (χ2v) is 7.42. The van der Waals surface area contributed by atoms with E-state index in [1.807, 2.05) is 24.3 Å². The monoisotopic (exact) mass is 381 g/mol. The minimum Gasteiger partial charge on any atom is -0.452 e. The number of rotatable bonds is 6. The largest absolute Gasteiger partial charge is 0.452 e. The van der Waals surface area contributed by atoms with Crippen LogP contribution in [0.25, 0.3) is 0 Å². The number of amides is 1. The average molecular weight is 381 g/mol. The van der Waals surface area contributed by atoms with Gasteiger partial charge in [0.05, 0.1) is 6.54 Å². The number of ether oxygens (including phenoxy) is 1. The maximum Gasteiger partial charge on any atom is 0.374 e. The first-order chi connectivity index (χ1) is 13.3. The Labute approximate surface area is 163 Å². The van der Waals surface area contributed by atoms with Crippen LogP contribution in [-0.2, 0) is 21.5 Å². The summed E-state index contributed by atoms with van der Waals surface area (Å²) in [5, 5.41) is 6.78. The van der Waals surface area contributed by atoms with E-state index in [1.165, 1.54) is 11.6 Å². The molecule has 3 rings (SSSR count). The van der Waals surface area contributed by atoms with Crippen LogP contribution in [0.15, 0.2) is 59.3 Å². The van der Waals surface area contributed by atoms with Gasteiger partial charge in [0.2, 0.25) is 5.76 Å². The molecule has 0 radical (unpaired) electrons. The van der Waals surface area contributed by atoms with Gasteiger partial charge in [-0.05, 0) is 41.3 Å². The van der Waals surface area contributed by atoms with Crippen LogP contribution in [0, 0.1) is 0 Å². The van der Waals surface area contributed by atoms with E-state index in [9.17, 15) is 9.59 Å². The van der Waals surface area contributed by atoms with E-state index in [0.29, 0.717) is 18.0 Å². The van der Waals surface area contributed by atoms with Gasteiger partial charge >= 0.3 is 5.97 Å². The highest BCUT2D eigenvalue weighted by Gasteiger charge is 2.16. The van der Waals surface area contributed by atoms with Crippen LogP contribution in [0.2, 0.25) is 0 Å². The first-order valence-corrected chi connectivity index (χ1v) is 8.95. The Morgan fingerprint density at radius 2 is 1.89 bits per heavy atom. The molecule has 1 aromatic carbocycles. The fourth-order valence-electron chi connectivity index (χ4n) is 2.58. The maximum absolute atomic E-state index is 12.1. The molecule has 1 N–H and O–H groups in total. The van der Waals surface area contributed by atoms with Gasteiger partial charge in [0.25, 0.3) is 5.91 Å². The van der Waals surface area contributed by atoms with Crippen LogP contribution in [0.4, 0.5) is 5.69 Å². The zero-order valence-electron chi connectivity index (χ0n) is 16.1. The van der Waals surface area contributed by atoms with Gasteiger partial charge in [-0.1, -0.05) is 32.9 Å². The van der Waals surface area contributed by atoms with Gasteiger partial charge in [-0.2, -0.15) is 5.10 Å². The Kier molecular flexibility index (Phi) is 5.63. The normalized spacial score (nSPS) is 11.2. The Bertz CT molecular complexity index is 935. The van der Waals surface area contributed by atoms with Gasteiger partial charge in [-0.15, -0.1) is 0 Å². The lowest BCUT2D eigenvalue weighted by Gasteiger charge is -2.19. The van der Waals surface area contributed by atoms with Crippen LogP contribution < -0.4 is 5.32 Å². The Balaban J connectivity index is 1.49. The van der Waals surface area contributed by atoms with Gasteiger partial charge in [-0.3, -0.25) is 9.48 Å². The predicted molar refractivity (Wildman–Crippen MR) is 104 cm³/mol. The Hall–Kier alpha value is -3.35. The number of furan rings is 1. The molecule has 28 heavy (non-hydrogen) atoms. The summed E-state index contributed by atoms with van der Waals surface area (Å²) in [6.07, 6.45) is 3.45. The van der Waals surface area contributed by atoms with Gasteiger partial charge in [0, 0.05) is 18.1 Å². The van der Waals surface area contributed by atoms with Crippen molar-refractivity contribution >= 4 is 17.6 Å². The van der Waals surface area contributed by atoms with Gasteiger partial charge < -0.3 is 14.5 Å². The molecule has 0 atom stereocenters. The van der Waals surface area contributed by atoms with E-state index in [0.717, 1.165) is 0 Å². The number of carbonyl (C=O) groups is 2. The van der Waals surface area contributed by atoms with E-state index in [-0.39, 0.29) is 11.2 Å². The molecule has 0 aliphatic rings. The molecule has 146 valence electrons. The summed E-state index contributed by atoms with van der Waals surface area (Å²) in [6.45, 7) is 6.37. The smallest absolute Gasteiger partial charge is 0.374 e. The van der Waals surface area contributed by atoms with Crippen molar-refractivity contribution in [2.75, 3.05) is 11.9 Å². The van der Waals surface area contributed by atoms with Crippen LogP contribution in [-0.4, -0.2) is 28.3 Å². The van der Waals surface area contributed by atoms with E-state index in [1.54, 1.807) is 29.2 Å². The van der Waals surface area contributed by atoms with Crippen molar-refractivity contribution in [1.29, 1.82) is 0 Å². The highest BCUT2D eigenvalue weighted by Crippen LogP contribution is 2.23. The predicted octanol–water partition coefficient (Wildman–Crippen LogP) is 3.62. The molecule has 1 amide bonds. The quantitative estimate of drug-likeness (QED) is 0.659. The van der Waals surface area contributed by atoms with Crippen molar-refractivity contribution in [1.82, 2.24) is 9.78 Å². The van der Waals surface area contributed by atoms with E-state index < -0.39 is 18.5 Å². The summed E-state index contributed by atoms with van der Waals surface area (Å²) in [7, 11) is 0. The summed E-state index contributed by atoms with van der Waals surface area (Å²) in [4.78, 5) is 24.1. The Morgan fingerprint density at radius 3 is 2.54 bits per heavy atom. The number of carbonyl (C=O) groups excluding carboxylic acids is 2. The lowest BCUT2D eigenvalue weighted by atomic mass is 9.87. The second kappa shape index (κ2) is 8.12. The fourth-order valence-corrected chi connectivity index (χ4v) is 2.58. The van der Waals surface area contributed by atoms with Crippen molar-refractivity contribution in [2.45, 2.75) is 32.7 Å². The van der Waals surface area contributed by atoms with Crippen molar-refractivity contribution in [3.63, 3.8) is 0 Å². The number of aromatic nitrogens is 2. The molecule has 0 fully saturated rings. The standard InChI is InChI=1S/C21H23N3O4/c1-21(2,3)15-5-7-16(8-6-15)23-19(25)14-27-20(26)18-10-9-17(28-18)13-24-12-4-11-22-24/h4-12H,13-14H2,1-3H3,(H,23,25). The number of hydrogen-bond acceptors (Lipinski definition) is 5. The lowest BCUT2D eigenvalue weighted by Crippen LogP contribution is -2.21. The molecule has 0 spiro atoms. The zero-order valence-corrected chi connectivity index (χ0v) is 16.1. The fraction of sp³-hybridized carbons (Fsp3) is 0.286. The molecular formula is C21H23N3O4. The molecular weight excluding hydrogens is 358 g/mol. The number of nitrogens with one attached hydrogen (secondary N) is 1. The zero-order chi connectivity index (χ0) is 20.1. The minimum atomic E-state index is -0.690. The first-order valence-electron chi connectivity index (χ1n) is 8.95. The molecule has 0 bridgehead atoms. The molecule has 7 nitrogen and oxygen atoms in total. The van der Waals surface area contributed by atoms with Crippen molar-refractivity contribution in [3.8, 4) is 0 Å². The highest BCUT2D eigenvalue weighted by atomic mass is 16.5. The van der Waals surface area contributed by atoms with Gasteiger partial charge in [0.15, 0.2) is 6.61 Å². The number of benzene rings is 1. The van der Waals surface area contributed by atoms with Crippen molar-refractivity contribution in [2.24, 2.45) is 0 Å². The molecule has 0 unspecified atom stereocenters. The molecule has 7 heteroatoms. The molecule has 2 heterocycles. The summed E-state index contributed by atoms with van der Waals surface area (Å²) in [6, 6.07) is 12.6. The first kappa shape index (κ1) is 19.4. The third-order valence-corrected chi connectivity index (χ3v) is 4.11. The molecule has 3 aromatic rings. The summed E-state index contributed by atoms with van der Waals surface area (Å²) >= 11 is 0. The van der Waals surface area contributed by atoms with Crippen LogP contribution in [0.1, 0.15) is 42.6 Å². The lowest BCUT2D eigenvalue weighted by molar-refractivity contribution is -0.119.